The van der Waals surface area contributed by atoms with Gasteiger partial charge in [-0.15, -0.1) is 0 Å². The molecule has 1 aromatic heterocycles. The molecule has 1 amide bonds. The van der Waals surface area contributed by atoms with Gasteiger partial charge in [0.1, 0.15) is 0 Å². The van der Waals surface area contributed by atoms with Crippen molar-refractivity contribution in [3.05, 3.63) is 22.9 Å². The number of pyridine rings is 1. The number of hydrogen-bond acceptors (Lipinski definition) is 3. The van der Waals surface area contributed by atoms with E-state index in [1.54, 1.807) is 18.5 Å². The average molecular weight is 284 g/mol. The Hall–Kier alpha value is -0.940. The number of carbonyl (C=O) groups excluding carboxylic acids is 1. The molecule has 1 fully saturated rings. The van der Waals surface area contributed by atoms with E-state index in [1.165, 1.54) is 12.8 Å². The van der Waals surface area contributed by atoms with E-state index in [0.717, 1.165) is 16.7 Å². The van der Waals surface area contributed by atoms with Gasteiger partial charge < -0.3 is 10.6 Å². The molecule has 16 heavy (non-hydrogen) atoms. The number of nitrogens with zero attached hydrogens (tertiary/aromatic N) is 1. The van der Waals surface area contributed by atoms with Crippen molar-refractivity contribution in [2.45, 2.75) is 25.3 Å². The summed E-state index contributed by atoms with van der Waals surface area (Å²) in [5.41, 5.74) is 0.770. The third-order valence-corrected chi connectivity index (χ3v) is 3.04. The lowest BCUT2D eigenvalue weighted by molar-refractivity contribution is -0.116. The minimum Gasteiger partial charge on any atom is -0.325 e. The molecule has 4 nitrogen and oxygen atoms in total. The Morgan fingerprint density at radius 3 is 3.06 bits per heavy atom. The monoisotopic (exact) mass is 283 g/mol. The van der Waals surface area contributed by atoms with Crippen molar-refractivity contribution >= 4 is 27.5 Å². The zero-order chi connectivity index (χ0) is 11.4. The number of aromatic nitrogens is 1. The fourth-order valence-corrected chi connectivity index (χ4v) is 1.72. The van der Waals surface area contributed by atoms with Crippen LogP contribution >= 0.6 is 15.9 Å². The van der Waals surface area contributed by atoms with E-state index in [-0.39, 0.29) is 5.91 Å². The molecule has 1 heterocycles. The molecule has 2 N–H and O–H groups in total. The van der Waals surface area contributed by atoms with E-state index in [2.05, 4.69) is 31.5 Å². The number of halogens is 1. The molecule has 1 aliphatic rings. The van der Waals surface area contributed by atoms with E-state index in [4.69, 9.17) is 0 Å². The maximum absolute atomic E-state index is 11.6. The molecule has 0 bridgehead atoms. The van der Waals surface area contributed by atoms with E-state index >= 15 is 0 Å². The zero-order valence-electron chi connectivity index (χ0n) is 8.87. The van der Waals surface area contributed by atoms with Crippen LogP contribution in [0.4, 0.5) is 5.69 Å². The third kappa shape index (κ3) is 3.57. The van der Waals surface area contributed by atoms with Gasteiger partial charge in [-0.1, -0.05) is 0 Å². The molecule has 0 radical (unpaired) electrons. The predicted molar refractivity (Wildman–Crippen MR) is 66.2 cm³/mol. The molecule has 1 aromatic rings. The van der Waals surface area contributed by atoms with Gasteiger partial charge >= 0.3 is 0 Å². The number of hydrogen-bond donors (Lipinski definition) is 2. The Kier molecular flexibility index (Phi) is 3.90. The van der Waals surface area contributed by atoms with Crippen LogP contribution in [0.15, 0.2) is 22.9 Å². The summed E-state index contributed by atoms with van der Waals surface area (Å²) >= 11 is 3.33. The first-order valence-electron chi connectivity index (χ1n) is 5.38. The quantitative estimate of drug-likeness (QED) is 0.868. The normalized spacial score (nSPS) is 14.8. The Morgan fingerprint density at radius 1 is 1.56 bits per heavy atom. The molecule has 0 saturated heterocycles. The summed E-state index contributed by atoms with van der Waals surface area (Å²) in [5, 5.41) is 6.14. The van der Waals surface area contributed by atoms with Crippen LogP contribution in [0.25, 0.3) is 0 Å². The number of anilines is 1. The van der Waals surface area contributed by atoms with Crippen LogP contribution in [-0.4, -0.2) is 23.5 Å². The zero-order valence-corrected chi connectivity index (χ0v) is 10.5. The van der Waals surface area contributed by atoms with E-state index in [1.807, 2.05) is 0 Å². The Balaban J connectivity index is 1.75. The van der Waals surface area contributed by atoms with Gasteiger partial charge in [-0.05, 0) is 34.8 Å². The van der Waals surface area contributed by atoms with Crippen LogP contribution in [0.3, 0.4) is 0 Å². The van der Waals surface area contributed by atoms with Crippen molar-refractivity contribution in [1.82, 2.24) is 10.3 Å². The molecule has 1 aliphatic carbocycles. The smallest absolute Gasteiger partial charge is 0.225 e. The van der Waals surface area contributed by atoms with Crippen LogP contribution in [-0.2, 0) is 4.79 Å². The topological polar surface area (TPSA) is 54.0 Å². The highest BCUT2D eigenvalue weighted by molar-refractivity contribution is 9.10. The molecule has 0 atom stereocenters. The fraction of sp³-hybridized carbons (Fsp3) is 0.455. The lowest BCUT2D eigenvalue weighted by Crippen LogP contribution is -2.23. The summed E-state index contributed by atoms with van der Waals surface area (Å²) in [6, 6.07) is 2.43. The summed E-state index contributed by atoms with van der Waals surface area (Å²) < 4.78 is 0.804. The summed E-state index contributed by atoms with van der Waals surface area (Å²) in [5.74, 6) is 0.0278. The van der Waals surface area contributed by atoms with Crippen molar-refractivity contribution in [2.24, 2.45) is 0 Å². The van der Waals surface area contributed by atoms with Gasteiger partial charge in [0.2, 0.25) is 5.91 Å². The maximum atomic E-state index is 11.6. The molecule has 0 aliphatic heterocycles. The highest BCUT2D eigenvalue weighted by Gasteiger charge is 2.20. The van der Waals surface area contributed by atoms with Gasteiger partial charge in [-0.25, -0.2) is 0 Å². The molecular weight excluding hydrogens is 270 g/mol. The first-order chi connectivity index (χ1) is 7.75. The van der Waals surface area contributed by atoms with E-state index in [9.17, 15) is 4.79 Å². The Morgan fingerprint density at radius 2 is 2.38 bits per heavy atom. The largest absolute Gasteiger partial charge is 0.325 e. The molecule has 0 aromatic carbocycles. The number of nitrogens with one attached hydrogen (secondary N) is 2. The van der Waals surface area contributed by atoms with Gasteiger partial charge in [0.05, 0.1) is 10.2 Å². The lowest BCUT2D eigenvalue weighted by atomic mass is 10.3. The molecule has 0 unspecified atom stereocenters. The van der Waals surface area contributed by atoms with Gasteiger partial charge in [0, 0.05) is 31.4 Å². The molecule has 1 saturated carbocycles. The Labute approximate surface area is 103 Å². The van der Waals surface area contributed by atoms with Crippen molar-refractivity contribution in [1.29, 1.82) is 0 Å². The minimum absolute atomic E-state index is 0.0278. The molecule has 86 valence electrons. The molecule has 0 spiro atoms. The second-order valence-corrected chi connectivity index (χ2v) is 4.74. The molecular formula is C11H14BrN3O. The summed E-state index contributed by atoms with van der Waals surface area (Å²) in [6.45, 7) is 0.749. The van der Waals surface area contributed by atoms with Gasteiger partial charge in [-0.2, -0.15) is 0 Å². The van der Waals surface area contributed by atoms with Crippen molar-refractivity contribution < 1.29 is 4.79 Å². The summed E-state index contributed by atoms with van der Waals surface area (Å²) in [4.78, 5) is 15.5. The maximum Gasteiger partial charge on any atom is 0.225 e. The first kappa shape index (κ1) is 11.5. The third-order valence-electron chi connectivity index (χ3n) is 2.41. The van der Waals surface area contributed by atoms with Crippen LogP contribution in [0, 0.1) is 0 Å². The summed E-state index contributed by atoms with van der Waals surface area (Å²) in [6.07, 6.45) is 6.32. The van der Waals surface area contributed by atoms with Gasteiger partial charge in [0.25, 0.3) is 0 Å². The van der Waals surface area contributed by atoms with Gasteiger partial charge in [-0.3, -0.25) is 9.78 Å². The second kappa shape index (κ2) is 5.41. The average Bonchev–Trinajstić information content (AvgIpc) is 3.05. The predicted octanol–water partition coefficient (Wildman–Crippen LogP) is 1.92. The lowest BCUT2D eigenvalue weighted by Gasteiger charge is -2.06. The molecule has 5 heteroatoms. The summed E-state index contributed by atoms with van der Waals surface area (Å²) in [7, 11) is 0. The number of amides is 1. The van der Waals surface area contributed by atoms with Gasteiger partial charge in [0.15, 0.2) is 0 Å². The fourth-order valence-electron chi connectivity index (χ4n) is 1.37. The van der Waals surface area contributed by atoms with Crippen LogP contribution in [0.1, 0.15) is 19.3 Å². The minimum atomic E-state index is 0.0278. The molecule has 2 rings (SSSR count). The van der Waals surface area contributed by atoms with Crippen molar-refractivity contribution in [2.75, 3.05) is 11.9 Å². The van der Waals surface area contributed by atoms with Crippen molar-refractivity contribution in [3.63, 3.8) is 0 Å². The SMILES string of the molecule is O=C(CCNC1CC1)Nc1ccncc1Br. The number of rotatable bonds is 5. The van der Waals surface area contributed by atoms with E-state index < -0.39 is 0 Å². The Bertz CT molecular complexity index is 379. The van der Waals surface area contributed by atoms with E-state index in [0.29, 0.717) is 12.5 Å². The van der Waals surface area contributed by atoms with Crippen LogP contribution in [0.2, 0.25) is 0 Å². The number of carbonyl (C=O) groups is 1. The van der Waals surface area contributed by atoms with Crippen LogP contribution < -0.4 is 10.6 Å². The highest BCUT2D eigenvalue weighted by Crippen LogP contribution is 2.20. The highest BCUT2D eigenvalue weighted by atomic mass is 79.9. The van der Waals surface area contributed by atoms with Crippen LogP contribution in [0.5, 0.6) is 0 Å². The standard InChI is InChI=1S/C11H14BrN3O/c12-9-7-13-5-3-10(9)15-11(16)4-6-14-8-1-2-8/h3,5,7-8,14H,1-2,4,6H2,(H,13,15,16). The first-order valence-corrected chi connectivity index (χ1v) is 6.18. The van der Waals surface area contributed by atoms with Crippen molar-refractivity contribution in [3.8, 4) is 0 Å². The second-order valence-electron chi connectivity index (χ2n) is 3.88.